The zero-order chi connectivity index (χ0) is 24.0. The molecule has 0 saturated heterocycles. The van der Waals surface area contributed by atoms with Crippen LogP contribution in [0.5, 0.6) is 0 Å². The smallest absolute Gasteiger partial charge is 0.125 e. The monoisotopic (exact) mass is 458 g/mol. The molecular weight excluding hydrogens is 424 g/mol. The molecule has 0 atom stereocenters. The highest BCUT2D eigenvalue weighted by Gasteiger charge is 2.41. The fourth-order valence-electron chi connectivity index (χ4n) is 6.19. The lowest BCUT2D eigenvalue weighted by Gasteiger charge is -2.38. The molecular formula is C33H34Si. The number of benzene rings is 5. The van der Waals surface area contributed by atoms with Crippen molar-refractivity contribution in [2.24, 2.45) is 0 Å². The Morgan fingerprint density at radius 3 is 1.47 bits per heavy atom. The second kappa shape index (κ2) is 8.61. The van der Waals surface area contributed by atoms with Gasteiger partial charge in [-0.2, -0.15) is 0 Å². The average Bonchev–Trinajstić information content (AvgIpc) is 2.80. The summed E-state index contributed by atoms with van der Waals surface area (Å²) in [6.07, 6.45) is 0. The third-order valence-corrected chi connectivity index (χ3v) is 14.2. The minimum atomic E-state index is -1.77. The molecule has 0 heterocycles. The fraction of sp³-hybridized carbons (Fsp3) is 0.273. The Bertz CT molecular complexity index is 1570. The van der Waals surface area contributed by atoms with Crippen LogP contribution in [0.25, 0.3) is 43.1 Å². The molecule has 1 heteroatoms. The molecule has 34 heavy (non-hydrogen) atoms. The number of hydrogen-bond acceptors (Lipinski definition) is 0. The first kappa shape index (κ1) is 22.7. The van der Waals surface area contributed by atoms with Crippen LogP contribution in [0.3, 0.4) is 0 Å². The van der Waals surface area contributed by atoms with Crippen molar-refractivity contribution < 1.29 is 0 Å². The molecule has 0 saturated carbocycles. The topological polar surface area (TPSA) is 0 Å². The van der Waals surface area contributed by atoms with E-state index in [2.05, 4.69) is 132 Å². The molecule has 0 fully saturated rings. The van der Waals surface area contributed by atoms with Crippen LogP contribution >= 0.6 is 0 Å². The van der Waals surface area contributed by atoms with Crippen molar-refractivity contribution >= 4 is 51.2 Å². The van der Waals surface area contributed by atoms with E-state index in [1.807, 2.05) is 0 Å². The van der Waals surface area contributed by atoms with Crippen LogP contribution in [0.1, 0.15) is 47.1 Å². The summed E-state index contributed by atoms with van der Waals surface area (Å²) in [4.78, 5) is 0. The van der Waals surface area contributed by atoms with E-state index in [-0.39, 0.29) is 0 Å². The van der Waals surface area contributed by atoms with Crippen molar-refractivity contribution in [2.45, 2.75) is 58.2 Å². The van der Waals surface area contributed by atoms with Gasteiger partial charge in [0.05, 0.1) is 0 Å². The summed E-state index contributed by atoms with van der Waals surface area (Å²) < 4.78 is 0. The van der Waals surface area contributed by atoms with Crippen molar-refractivity contribution in [3.63, 3.8) is 0 Å². The van der Waals surface area contributed by atoms with Gasteiger partial charge in [-0.25, -0.2) is 0 Å². The lowest BCUT2D eigenvalue weighted by atomic mass is 9.96. The van der Waals surface area contributed by atoms with Gasteiger partial charge in [-0.1, -0.05) is 83.9 Å². The Kier molecular flexibility index (Phi) is 5.74. The van der Waals surface area contributed by atoms with E-state index in [4.69, 9.17) is 0 Å². The maximum Gasteiger partial charge on any atom is 0.146 e. The van der Waals surface area contributed by atoms with Gasteiger partial charge in [0.2, 0.25) is 0 Å². The second-order valence-corrected chi connectivity index (χ2v) is 16.4. The summed E-state index contributed by atoms with van der Waals surface area (Å²) in [5.41, 5.74) is 7.00. The fourth-order valence-corrected chi connectivity index (χ4v) is 11.4. The van der Waals surface area contributed by atoms with Gasteiger partial charge >= 0.3 is 0 Å². The molecule has 5 rings (SSSR count). The van der Waals surface area contributed by atoms with Gasteiger partial charge in [-0.3, -0.25) is 0 Å². The molecule has 5 aromatic rings. The SMILES string of the molecule is CC(C)[Si](C#Cc1cccc2cc3cc4cc5ccccc5cc4cc3cc12)(C(C)C)C(C)C. The molecule has 0 nitrogen and oxygen atoms in total. The van der Waals surface area contributed by atoms with Crippen LogP contribution in [-0.4, -0.2) is 8.07 Å². The minimum Gasteiger partial charge on any atom is -0.125 e. The predicted molar refractivity (Wildman–Crippen MR) is 154 cm³/mol. The molecule has 0 aliphatic heterocycles. The quantitative estimate of drug-likeness (QED) is 0.143. The van der Waals surface area contributed by atoms with Crippen molar-refractivity contribution in [1.29, 1.82) is 0 Å². The molecule has 0 unspecified atom stereocenters. The van der Waals surface area contributed by atoms with Crippen LogP contribution in [0.15, 0.2) is 78.9 Å². The summed E-state index contributed by atoms with van der Waals surface area (Å²) in [6.45, 7) is 14.3. The van der Waals surface area contributed by atoms with Crippen LogP contribution in [0.4, 0.5) is 0 Å². The molecule has 0 aromatic heterocycles. The third kappa shape index (κ3) is 3.71. The van der Waals surface area contributed by atoms with Gasteiger partial charge in [0.1, 0.15) is 8.07 Å². The summed E-state index contributed by atoms with van der Waals surface area (Å²) in [5.74, 6) is 3.71. The summed E-state index contributed by atoms with van der Waals surface area (Å²) in [6, 6.07) is 29.2. The number of rotatable bonds is 3. The number of hydrogen-bond donors (Lipinski definition) is 0. The van der Waals surface area contributed by atoms with Crippen LogP contribution in [0.2, 0.25) is 16.6 Å². The lowest BCUT2D eigenvalue weighted by molar-refractivity contribution is 0.838. The Balaban J connectivity index is 1.71. The van der Waals surface area contributed by atoms with Crippen LogP contribution in [0, 0.1) is 11.5 Å². The van der Waals surface area contributed by atoms with E-state index in [1.54, 1.807) is 0 Å². The first-order chi connectivity index (χ1) is 16.3. The maximum absolute atomic E-state index is 3.93. The molecule has 0 N–H and O–H groups in total. The third-order valence-electron chi connectivity index (χ3n) is 7.94. The minimum absolute atomic E-state index is 0.636. The first-order valence-corrected chi connectivity index (χ1v) is 14.8. The predicted octanol–water partition coefficient (Wildman–Crippen LogP) is 9.87. The molecule has 0 spiro atoms. The Morgan fingerprint density at radius 1 is 0.500 bits per heavy atom. The highest BCUT2D eigenvalue weighted by Crippen LogP contribution is 2.41. The molecule has 0 aliphatic rings. The zero-order valence-electron chi connectivity index (χ0n) is 21.2. The highest BCUT2D eigenvalue weighted by atomic mass is 28.3. The van der Waals surface area contributed by atoms with Crippen molar-refractivity contribution in [3.05, 3.63) is 84.4 Å². The van der Waals surface area contributed by atoms with E-state index >= 15 is 0 Å². The van der Waals surface area contributed by atoms with E-state index in [0.717, 1.165) is 5.56 Å². The van der Waals surface area contributed by atoms with Crippen molar-refractivity contribution in [1.82, 2.24) is 0 Å². The summed E-state index contributed by atoms with van der Waals surface area (Å²) in [7, 11) is -1.77. The number of fused-ring (bicyclic) bond motifs is 4. The summed E-state index contributed by atoms with van der Waals surface area (Å²) in [5, 5.41) is 10.3. The van der Waals surface area contributed by atoms with Gasteiger partial charge in [0, 0.05) is 5.56 Å². The molecule has 5 aromatic carbocycles. The van der Waals surface area contributed by atoms with Gasteiger partial charge < -0.3 is 0 Å². The highest BCUT2D eigenvalue weighted by molar-refractivity contribution is 6.90. The molecule has 0 aliphatic carbocycles. The Morgan fingerprint density at radius 2 is 0.941 bits per heavy atom. The first-order valence-electron chi connectivity index (χ1n) is 12.6. The normalized spacial score (nSPS) is 12.4. The van der Waals surface area contributed by atoms with E-state index < -0.39 is 8.07 Å². The summed E-state index contributed by atoms with van der Waals surface area (Å²) >= 11 is 0. The Hall–Kier alpha value is -3.08. The van der Waals surface area contributed by atoms with Gasteiger partial charge in [-0.15, -0.1) is 5.54 Å². The van der Waals surface area contributed by atoms with E-state index in [1.165, 1.54) is 43.1 Å². The van der Waals surface area contributed by atoms with Crippen LogP contribution in [-0.2, 0) is 0 Å². The largest absolute Gasteiger partial charge is 0.146 e. The van der Waals surface area contributed by atoms with Gasteiger partial charge in [-0.05, 0) is 102 Å². The van der Waals surface area contributed by atoms with Gasteiger partial charge in [0.15, 0.2) is 0 Å². The zero-order valence-corrected chi connectivity index (χ0v) is 22.2. The standard InChI is InChI=1S/C33H34Si/c1-22(2)34(23(3)4,24(5)6)15-14-25-12-9-13-28-18-31-19-29-16-26-10-7-8-11-27(26)17-30(29)20-32(31)21-33(25)28/h7-13,16-24H,1-6H3. The van der Waals surface area contributed by atoms with E-state index in [0.29, 0.717) is 16.6 Å². The van der Waals surface area contributed by atoms with E-state index in [9.17, 15) is 0 Å². The average molecular weight is 459 g/mol. The van der Waals surface area contributed by atoms with Crippen molar-refractivity contribution in [3.8, 4) is 11.5 Å². The Labute approximate surface area is 205 Å². The van der Waals surface area contributed by atoms with Gasteiger partial charge in [0.25, 0.3) is 0 Å². The van der Waals surface area contributed by atoms with Crippen LogP contribution < -0.4 is 0 Å². The lowest BCUT2D eigenvalue weighted by Crippen LogP contribution is -2.43. The molecule has 0 amide bonds. The maximum atomic E-state index is 3.93. The molecule has 170 valence electrons. The molecule has 0 bridgehead atoms. The second-order valence-electron chi connectivity index (χ2n) is 10.8. The molecule has 0 radical (unpaired) electrons. The van der Waals surface area contributed by atoms with Crippen molar-refractivity contribution in [2.75, 3.05) is 0 Å².